The Labute approximate surface area is 164 Å². The zero-order chi connectivity index (χ0) is 19.3. The van der Waals surface area contributed by atoms with Crippen LogP contribution in [0.3, 0.4) is 0 Å². The van der Waals surface area contributed by atoms with Crippen LogP contribution < -0.4 is 19.5 Å². The third kappa shape index (κ3) is 4.39. The molecular formula is C22H25NO5. The van der Waals surface area contributed by atoms with E-state index in [9.17, 15) is 4.79 Å². The molecule has 0 saturated carbocycles. The summed E-state index contributed by atoms with van der Waals surface area (Å²) in [6.45, 7) is 4.41. The summed E-state index contributed by atoms with van der Waals surface area (Å²) in [5.74, 6) is 2.07. The molecule has 148 valence electrons. The summed E-state index contributed by atoms with van der Waals surface area (Å²) in [7, 11) is 0. The number of fused-ring (bicyclic) bond motifs is 1. The van der Waals surface area contributed by atoms with Crippen LogP contribution in [-0.4, -0.2) is 38.4 Å². The van der Waals surface area contributed by atoms with Gasteiger partial charge in [-0.2, -0.15) is 0 Å². The highest BCUT2D eigenvalue weighted by Gasteiger charge is 2.18. The third-order valence-electron chi connectivity index (χ3n) is 4.99. The van der Waals surface area contributed by atoms with Crippen LogP contribution in [0.25, 0.3) is 0 Å². The molecule has 6 nitrogen and oxygen atoms in total. The summed E-state index contributed by atoms with van der Waals surface area (Å²) in [6, 6.07) is 12.8. The Morgan fingerprint density at radius 2 is 1.89 bits per heavy atom. The normalized spacial score (nSPS) is 19.1. The largest absolute Gasteiger partial charge is 0.491 e. The molecule has 2 aromatic rings. The van der Waals surface area contributed by atoms with Crippen LogP contribution in [-0.2, 0) is 4.74 Å². The molecule has 1 amide bonds. The van der Waals surface area contributed by atoms with E-state index in [0.29, 0.717) is 25.4 Å². The molecule has 0 unspecified atom stereocenters. The van der Waals surface area contributed by atoms with Crippen molar-refractivity contribution in [1.29, 1.82) is 0 Å². The van der Waals surface area contributed by atoms with Gasteiger partial charge in [-0.1, -0.05) is 6.07 Å². The lowest BCUT2D eigenvalue weighted by Crippen LogP contribution is -2.26. The van der Waals surface area contributed by atoms with Gasteiger partial charge in [0.1, 0.15) is 25.6 Å². The van der Waals surface area contributed by atoms with Gasteiger partial charge in [-0.05, 0) is 61.7 Å². The predicted molar refractivity (Wildman–Crippen MR) is 104 cm³/mol. The van der Waals surface area contributed by atoms with Gasteiger partial charge in [0.15, 0.2) is 11.5 Å². The molecule has 2 aromatic carbocycles. The van der Waals surface area contributed by atoms with Crippen molar-refractivity contribution in [1.82, 2.24) is 5.32 Å². The van der Waals surface area contributed by atoms with Gasteiger partial charge in [0.25, 0.3) is 5.91 Å². The monoisotopic (exact) mass is 383 g/mol. The smallest absolute Gasteiger partial charge is 0.251 e. The van der Waals surface area contributed by atoms with Crippen molar-refractivity contribution in [2.45, 2.75) is 31.9 Å². The second-order valence-electron chi connectivity index (χ2n) is 7.07. The van der Waals surface area contributed by atoms with Crippen LogP contribution in [0.2, 0.25) is 0 Å². The molecular weight excluding hydrogens is 358 g/mol. The van der Waals surface area contributed by atoms with E-state index in [1.807, 2.05) is 37.3 Å². The molecule has 1 fully saturated rings. The van der Waals surface area contributed by atoms with Crippen LogP contribution in [0.4, 0.5) is 0 Å². The van der Waals surface area contributed by atoms with Crippen molar-refractivity contribution in [3.63, 3.8) is 0 Å². The molecule has 0 radical (unpaired) electrons. The Bertz CT molecular complexity index is 814. The Morgan fingerprint density at radius 3 is 2.64 bits per heavy atom. The van der Waals surface area contributed by atoms with E-state index >= 15 is 0 Å². The second-order valence-corrected chi connectivity index (χ2v) is 7.07. The van der Waals surface area contributed by atoms with Crippen LogP contribution in [0.15, 0.2) is 42.5 Å². The number of hydrogen-bond donors (Lipinski definition) is 1. The number of benzene rings is 2. The summed E-state index contributed by atoms with van der Waals surface area (Å²) in [5.41, 5.74) is 1.56. The molecule has 28 heavy (non-hydrogen) atoms. The van der Waals surface area contributed by atoms with Crippen molar-refractivity contribution in [2.75, 3.05) is 26.4 Å². The minimum atomic E-state index is -0.154. The Hall–Kier alpha value is -2.73. The standard InChI is InChI=1S/C22H25NO5/c1-15(17-6-9-20-21(13-17)27-12-11-26-20)23-22(24)16-4-7-18(8-5-16)28-14-19-3-2-10-25-19/h4-9,13,15,19H,2-3,10-12,14H2,1H3,(H,23,24)/t15-,19+/m1/s1. The molecule has 1 N–H and O–H groups in total. The average molecular weight is 383 g/mol. The first-order valence-corrected chi connectivity index (χ1v) is 9.74. The first-order valence-electron chi connectivity index (χ1n) is 9.74. The van der Waals surface area contributed by atoms with Crippen molar-refractivity contribution >= 4 is 5.91 Å². The van der Waals surface area contributed by atoms with E-state index < -0.39 is 0 Å². The maximum atomic E-state index is 12.6. The topological polar surface area (TPSA) is 66.0 Å². The first-order chi connectivity index (χ1) is 13.7. The molecule has 0 spiro atoms. The zero-order valence-electron chi connectivity index (χ0n) is 16.0. The quantitative estimate of drug-likeness (QED) is 0.827. The van der Waals surface area contributed by atoms with E-state index in [1.54, 1.807) is 12.1 Å². The predicted octanol–water partition coefficient (Wildman–Crippen LogP) is 3.51. The fourth-order valence-corrected chi connectivity index (χ4v) is 3.36. The minimum Gasteiger partial charge on any atom is -0.491 e. The number of hydrogen-bond acceptors (Lipinski definition) is 5. The maximum absolute atomic E-state index is 12.6. The molecule has 0 aliphatic carbocycles. The van der Waals surface area contributed by atoms with E-state index in [2.05, 4.69) is 5.32 Å². The summed E-state index contributed by atoms with van der Waals surface area (Å²) < 4.78 is 22.5. The van der Waals surface area contributed by atoms with Crippen LogP contribution in [0.5, 0.6) is 17.2 Å². The number of carbonyl (C=O) groups is 1. The molecule has 2 heterocycles. The summed E-state index contributed by atoms with van der Waals surface area (Å²) >= 11 is 0. The number of ether oxygens (including phenoxy) is 4. The van der Waals surface area contributed by atoms with E-state index in [1.165, 1.54) is 0 Å². The Kier molecular flexibility index (Phi) is 5.67. The van der Waals surface area contributed by atoms with Gasteiger partial charge < -0.3 is 24.3 Å². The van der Waals surface area contributed by atoms with Gasteiger partial charge >= 0.3 is 0 Å². The van der Waals surface area contributed by atoms with Gasteiger partial charge in [0, 0.05) is 12.2 Å². The lowest BCUT2D eigenvalue weighted by molar-refractivity contribution is 0.0679. The minimum absolute atomic E-state index is 0.131. The molecule has 2 atom stereocenters. The van der Waals surface area contributed by atoms with E-state index in [-0.39, 0.29) is 18.1 Å². The average Bonchev–Trinajstić information content (AvgIpc) is 3.26. The van der Waals surface area contributed by atoms with Gasteiger partial charge in [-0.3, -0.25) is 4.79 Å². The van der Waals surface area contributed by atoms with Crippen LogP contribution in [0.1, 0.15) is 41.7 Å². The van der Waals surface area contributed by atoms with E-state index in [0.717, 1.165) is 42.3 Å². The Balaban J connectivity index is 1.33. The van der Waals surface area contributed by atoms with Crippen LogP contribution >= 0.6 is 0 Å². The molecule has 6 heteroatoms. The fraction of sp³-hybridized carbons (Fsp3) is 0.409. The summed E-state index contributed by atoms with van der Waals surface area (Å²) in [5, 5.41) is 3.02. The molecule has 0 aromatic heterocycles. The molecule has 4 rings (SSSR count). The SMILES string of the molecule is C[C@@H](NC(=O)c1ccc(OC[C@@H]2CCCO2)cc1)c1ccc2c(c1)OCCO2. The third-order valence-corrected chi connectivity index (χ3v) is 4.99. The summed E-state index contributed by atoms with van der Waals surface area (Å²) in [4.78, 5) is 12.6. The number of carbonyl (C=O) groups excluding carboxylic acids is 1. The maximum Gasteiger partial charge on any atom is 0.251 e. The molecule has 2 aliphatic rings. The fourth-order valence-electron chi connectivity index (χ4n) is 3.36. The highest BCUT2D eigenvalue weighted by atomic mass is 16.6. The van der Waals surface area contributed by atoms with Gasteiger partial charge in [-0.25, -0.2) is 0 Å². The highest BCUT2D eigenvalue weighted by molar-refractivity contribution is 5.94. The van der Waals surface area contributed by atoms with Gasteiger partial charge in [0.05, 0.1) is 12.1 Å². The number of amides is 1. The number of rotatable bonds is 6. The van der Waals surface area contributed by atoms with E-state index in [4.69, 9.17) is 18.9 Å². The second kappa shape index (κ2) is 8.52. The zero-order valence-corrected chi connectivity index (χ0v) is 16.0. The summed E-state index contributed by atoms with van der Waals surface area (Å²) in [6.07, 6.45) is 2.31. The van der Waals surface area contributed by atoms with Crippen molar-refractivity contribution in [3.8, 4) is 17.2 Å². The Morgan fingerprint density at radius 1 is 1.11 bits per heavy atom. The molecule has 2 aliphatic heterocycles. The first kappa shape index (κ1) is 18.6. The van der Waals surface area contributed by atoms with Crippen LogP contribution in [0, 0.1) is 0 Å². The van der Waals surface area contributed by atoms with Crippen molar-refractivity contribution in [3.05, 3.63) is 53.6 Å². The van der Waals surface area contributed by atoms with Crippen molar-refractivity contribution in [2.24, 2.45) is 0 Å². The lowest BCUT2D eigenvalue weighted by Gasteiger charge is -2.21. The van der Waals surface area contributed by atoms with Crippen molar-refractivity contribution < 1.29 is 23.7 Å². The number of nitrogens with one attached hydrogen (secondary N) is 1. The highest BCUT2D eigenvalue weighted by Crippen LogP contribution is 2.32. The van der Waals surface area contributed by atoms with Gasteiger partial charge in [-0.15, -0.1) is 0 Å². The van der Waals surface area contributed by atoms with Gasteiger partial charge in [0.2, 0.25) is 0 Å². The molecule has 0 bridgehead atoms. The lowest BCUT2D eigenvalue weighted by atomic mass is 10.1. The molecule has 1 saturated heterocycles.